The monoisotopic (exact) mass is 268 g/mol. The van der Waals surface area contributed by atoms with Crippen LogP contribution in [0.25, 0.3) is 0 Å². The van der Waals surface area contributed by atoms with Crippen molar-refractivity contribution in [2.24, 2.45) is 11.1 Å². The number of rotatable bonds is 9. The van der Waals surface area contributed by atoms with Crippen molar-refractivity contribution in [1.29, 1.82) is 0 Å². The maximum Gasteiger partial charge on any atom is 0.0303 e. The molecule has 0 amide bonds. The van der Waals surface area contributed by atoms with Crippen LogP contribution in [0.15, 0.2) is 0 Å². The topological polar surface area (TPSA) is 29.3 Å². The third-order valence-electron chi connectivity index (χ3n) is 5.71. The van der Waals surface area contributed by atoms with E-state index in [1.165, 1.54) is 64.5 Å². The molecule has 1 fully saturated rings. The van der Waals surface area contributed by atoms with Crippen LogP contribution in [-0.2, 0) is 0 Å². The van der Waals surface area contributed by atoms with Crippen LogP contribution in [0.5, 0.6) is 0 Å². The number of hydrogen-bond acceptors (Lipinski definition) is 2. The van der Waals surface area contributed by atoms with Crippen molar-refractivity contribution in [1.82, 2.24) is 4.90 Å². The molecule has 2 N–H and O–H groups in total. The summed E-state index contributed by atoms with van der Waals surface area (Å²) in [6, 6.07) is 0. The van der Waals surface area contributed by atoms with Gasteiger partial charge in [-0.3, -0.25) is 4.90 Å². The van der Waals surface area contributed by atoms with Gasteiger partial charge in [0.2, 0.25) is 0 Å². The van der Waals surface area contributed by atoms with Crippen molar-refractivity contribution in [3.63, 3.8) is 0 Å². The van der Waals surface area contributed by atoms with Gasteiger partial charge in [0.25, 0.3) is 0 Å². The van der Waals surface area contributed by atoms with Gasteiger partial charge in [-0.05, 0) is 44.6 Å². The summed E-state index contributed by atoms with van der Waals surface area (Å²) in [5.41, 5.74) is 6.94. The molecule has 1 rings (SSSR count). The zero-order valence-electron chi connectivity index (χ0n) is 13.8. The van der Waals surface area contributed by atoms with Crippen molar-refractivity contribution in [3.05, 3.63) is 0 Å². The molecule has 1 unspecified atom stereocenters. The number of hydrogen-bond donors (Lipinski definition) is 1. The van der Waals surface area contributed by atoms with Crippen LogP contribution in [-0.4, -0.2) is 30.1 Å². The van der Waals surface area contributed by atoms with Crippen molar-refractivity contribution in [2.45, 2.75) is 84.6 Å². The molecular weight excluding hydrogens is 232 g/mol. The summed E-state index contributed by atoms with van der Waals surface area (Å²) in [5.74, 6) is 0. The third-order valence-corrected chi connectivity index (χ3v) is 5.71. The first-order chi connectivity index (χ1) is 9.05. The minimum atomic E-state index is 0.236. The number of unbranched alkanes of at least 4 members (excludes halogenated alkanes) is 3. The van der Waals surface area contributed by atoms with E-state index in [0.29, 0.717) is 5.41 Å². The van der Waals surface area contributed by atoms with Crippen molar-refractivity contribution in [3.8, 4) is 0 Å². The number of nitrogens with two attached hydrogens (primary N) is 1. The molecule has 2 heteroatoms. The van der Waals surface area contributed by atoms with Gasteiger partial charge < -0.3 is 5.73 Å². The van der Waals surface area contributed by atoms with Crippen molar-refractivity contribution in [2.75, 3.05) is 19.6 Å². The lowest BCUT2D eigenvalue weighted by Crippen LogP contribution is -2.51. The van der Waals surface area contributed by atoms with E-state index in [1.807, 2.05) is 0 Å². The van der Waals surface area contributed by atoms with Crippen LogP contribution in [0.1, 0.15) is 79.1 Å². The predicted molar refractivity (Wildman–Crippen MR) is 85.4 cm³/mol. The largest absolute Gasteiger partial charge is 0.329 e. The fourth-order valence-electron chi connectivity index (χ4n) is 3.54. The molecule has 0 aromatic heterocycles. The first-order valence-corrected chi connectivity index (χ1v) is 8.51. The first-order valence-electron chi connectivity index (χ1n) is 8.51. The second kappa shape index (κ2) is 7.64. The molecule has 0 saturated carbocycles. The smallest absolute Gasteiger partial charge is 0.0303 e. The van der Waals surface area contributed by atoms with Crippen molar-refractivity contribution >= 4 is 0 Å². The van der Waals surface area contributed by atoms with Gasteiger partial charge in [-0.2, -0.15) is 0 Å². The zero-order valence-corrected chi connectivity index (χ0v) is 13.8. The lowest BCUT2D eigenvalue weighted by molar-refractivity contribution is 0.107. The van der Waals surface area contributed by atoms with Crippen LogP contribution in [0.2, 0.25) is 0 Å². The average Bonchev–Trinajstić information content (AvgIpc) is 2.89. The molecule has 114 valence electrons. The van der Waals surface area contributed by atoms with E-state index in [-0.39, 0.29) is 5.54 Å². The predicted octanol–water partition coefficient (Wildman–Crippen LogP) is 4.19. The molecule has 0 radical (unpaired) electrons. The molecule has 1 aliphatic heterocycles. The standard InChI is InChI=1S/C17H36N2/c1-5-8-9-10-11-16(4,14-18)19-13-12-17(6-2,7-3)15-19/h5-15,18H2,1-4H3. The Kier molecular flexibility index (Phi) is 6.82. The van der Waals surface area contributed by atoms with Crippen molar-refractivity contribution < 1.29 is 0 Å². The molecule has 19 heavy (non-hydrogen) atoms. The molecule has 0 aromatic carbocycles. The summed E-state index contributed by atoms with van der Waals surface area (Å²) < 4.78 is 0. The van der Waals surface area contributed by atoms with Gasteiger partial charge in [-0.25, -0.2) is 0 Å². The Balaban J connectivity index is 2.54. The van der Waals surface area contributed by atoms with Gasteiger partial charge >= 0.3 is 0 Å². The second-order valence-electron chi connectivity index (χ2n) is 6.89. The van der Waals surface area contributed by atoms with Gasteiger partial charge in [0.1, 0.15) is 0 Å². The number of nitrogens with zero attached hydrogens (tertiary/aromatic N) is 1. The summed E-state index contributed by atoms with van der Waals surface area (Å²) in [6.45, 7) is 12.7. The molecule has 0 bridgehead atoms. The second-order valence-corrected chi connectivity index (χ2v) is 6.89. The van der Waals surface area contributed by atoms with Crippen LogP contribution >= 0.6 is 0 Å². The number of likely N-dealkylation sites (tertiary alicyclic amines) is 1. The maximum atomic E-state index is 6.13. The van der Waals surface area contributed by atoms with Gasteiger partial charge in [-0.1, -0.05) is 46.5 Å². The van der Waals surface area contributed by atoms with Crippen LogP contribution in [0.4, 0.5) is 0 Å². The molecule has 0 spiro atoms. The van der Waals surface area contributed by atoms with Gasteiger partial charge in [0.15, 0.2) is 0 Å². The molecular formula is C17H36N2. The fraction of sp³-hybridized carbons (Fsp3) is 1.00. The highest BCUT2D eigenvalue weighted by molar-refractivity contribution is 4.97. The lowest BCUT2D eigenvalue weighted by Gasteiger charge is -2.40. The molecule has 0 aromatic rings. The molecule has 1 aliphatic rings. The SMILES string of the molecule is CCCCCCC(C)(CN)N1CCC(CC)(CC)C1. The minimum absolute atomic E-state index is 0.236. The van der Waals surface area contributed by atoms with E-state index in [9.17, 15) is 0 Å². The van der Waals surface area contributed by atoms with Gasteiger partial charge in [-0.15, -0.1) is 0 Å². The Labute approximate surface area is 121 Å². The molecule has 2 nitrogen and oxygen atoms in total. The summed E-state index contributed by atoms with van der Waals surface area (Å²) in [7, 11) is 0. The highest BCUT2D eigenvalue weighted by Gasteiger charge is 2.41. The normalized spacial score (nSPS) is 22.6. The van der Waals surface area contributed by atoms with Gasteiger partial charge in [0.05, 0.1) is 0 Å². The average molecular weight is 268 g/mol. The molecule has 1 atom stereocenters. The fourth-order valence-corrected chi connectivity index (χ4v) is 3.54. The van der Waals surface area contributed by atoms with E-state index < -0.39 is 0 Å². The molecule has 1 heterocycles. The Morgan fingerprint density at radius 2 is 1.79 bits per heavy atom. The van der Waals surface area contributed by atoms with E-state index in [1.54, 1.807) is 0 Å². The summed E-state index contributed by atoms with van der Waals surface area (Å²) >= 11 is 0. The van der Waals surface area contributed by atoms with E-state index >= 15 is 0 Å². The Morgan fingerprint density at radius 3 is 2.26 bits per heavy atom. The van der Waals surface area contributed by atoms with Gasteiger partial charge in [0, 0.05) is 18.6 Å². The van der Waals surface area contributed by atoms with E-state index in [4.69, 9.17) is 5.73 Å². The highest BCUT2D eigenvalue weighted by Crippen LogP contribution is 2.40. The lowest BCUT2D eigenvalue weighted by atomic mass is 9.81. The first kappa shape index (κ1) is 17.0. The summed E-state index contributed by atoms with van der Waals surface area (Å²) in [6.07, 6.45) is 10.7. The summed E-state index contributed by atoms with van der Waals surface area (Å²) in [5, 5.41) is 0. The van der Waals surface area contributed by atoms with E-state index in [2.05, 4.69) is 32.6 Å². The minimum Gasteiger partial charge on any atom is -0.329 e. The van der Waals surface area contributed by atoms with Crippen LogP contribution in [0.3, 0.4) is 0 Å². The van der Waals surface area contributed by atoms with Crippen LogP contribution in [0, 0.1) is 5.41 Å². The summed E-state index contributed by atoms with van der Waals surface area (Å²) in [4.78, 5) is 2.70. The zero-order chi connectivity index (χ0) is 14.4. The third kappa shape index (κ3) is 4.19. The highest BCUT2D eigenvalue weighted by atomic mass is 15.2. The quantitative estimate of drug-likeness (QED) is 0.635. The van der Waals surface area contributed by atoms with Crippen LogP contribution < -0.4 is 5.73 Å². The Morgan fingerprint density at radius 1 is 1.11 bits per heavy atom. The Hall–Kier alpha value is -0.0800. The molecule has 1 saturated heterocycles. The Bertz CT molecular complexity index is 248. The molecule has 0 aliphatic carbocycles. The van der Waals surface area contributed by atoms with E-state index in [0.717, 1.165) is 6.54 Å². The maximum absolute atomic E-state index is 6.13.